The van der Waals surface area contributed by atoms with Crippen LogP contribution in [0.1, 0.15) is 0 Å². The fraction of sp³-hybridized carbons (Fsp3) is 0.286. The van der Waals surface area contributed by atoms with Crippen LogP contribution in [0.25, 0.3) is 0 Å². The van der Waals surface area contributed by atoms with E-state index in [0.29, 0.717) is 0 Å². The van der Waals surface area contributed by atoms with Crippen LogP contribution >= 0.6 is 24.0 Å². The molecule has 1 heterocycles. The Morgan fingerprint density at radius 2 is 2.58 bits per heavy atom. The lowest BCUT2D eigenvalue weighted by Crippen LogP contribution is -2.30. The first-order valence-electron chi connectivity index (χ1n) is 3.37. The van der Waals surface area contributed by atoms with E-state index in [2.05, 4.69) is 17.9 Å². The van der Waals surface area contributed by atoms with Crippen LogP contribution in [-0.2, 0) is 4.79 Å². The predicted octanol–water partition coefficient (Wildman–Crippen LogP) is 1.54. The third kappa shape index (κ3) is 2.42. The van der Waals surface area contributed by atoms with Crippen LogP contribution in [0.4, 0.5) is 5.00 Å². The van der Waals surface area contributed by atoms with Gasteiger partial charge in [0.05, 0.1) is 5.00 Å². The van der Waals surface area contributed by atoms with Crippen molar-refractivity contribution in [3.63, 3.8) is 0 Å². The maximum Gasteiger partial charge on any atom is 0.326 e. The molecule has 0 aliphatic carbocycles. The molecule has 0 aliphatic heterocycles. The smallest absolute Gasteiger partial charge is 0.326 e. The van der Waals surface area contributed by atoms with E-state index in [9.17, 15) is 4.79 Å². The Morgan fingerprint density at radius 1 is 1.83 bits per heavy atom. The van der Waals surface area contributed by atoms with E-state index in [4.69, 9.17) is 5.11 Å². The zero-order chi connectivity index (χ0) is 8.97. The summed E-state index contributed by atoms with van der Waals surface area (Å²) in [6, 6.07) is 3.10. The second-order valence-corrected chi connectivity index (χ2v) is 3.51. The molecule has 0 bridgehead atoms. The number of thiol groups is 1. The van der Waals surface area contributed by atoms with Gasteiger partial charge in [-0.3, -0.25) is 0 Å². The highest BCUT2D eigenvalue weighted by molar-refractivity contribution is 7.80. The van der Waals surface area contributed by atoms with E-state index >= 15 is 0 Å². The number of carboxylic acids is 1. The highest BCUT2D eigenvalue weighted by Gasteiger charge is 2.14. The SMILES string of the molecule is O=C(O)[C@H](CS)Nc1cccs1. The minimum Gasteiger partial charge on any atom is -0.480 e. The Hall–Kier alpha value is -0.680. The van der Waals surface area contributed by atoms with E-state index in [-0.39, 0.29) is 5.75 Å². The zero-order valence-electron chi connectivity index (χ0n) is 6.23. The van der Waals surface area contributed by atoms with Crippen LogP contribution in [0.3, 0.4) is 0 Å². The van der Waals surface area contributed by atoms with Crippen molar-refractivity contribution in [2.75, 3.05) is 11.1 Å². The largest absolute Gasteiger partial charge is 0.480 e. The first-order valence-corrected chi connectivity index (χ1v) is 4.89. The van der Waals surface area contributed by atoms with Crippen molar-refractivity contribution >= 4 is 34.9 Å². The van der Waals surface area contributed by atoms with Crippen LogP contribution in [0.5, 0.6) is 0 Å². The molecule has 1 aromatic heterocycles. The number of aliphatic carboxylic acids is 1. The van der Waals surface area contributed by atoms with E-state index in [1.165, 1.54) is 11.3 Å². The van der Waals surface area contributed by atoms with Gasteiger partial charge in [-0.05, 0) is 17.5 Å². The zero-order valence-corrected chi connectivity index (χ0v) is 7.94. The fourth-order valence-electron chi connectivity index (χ4n) is 0.718. The van der Waals surface area contributed by atoms with Crippen molar-refractivity contribution in [2.45, 2.75) is 6.04 Å². The number of anilines is 1. The average molecular weight is 203 g/mol. The lowest BCUT2D eigenvalue weighted by Gasteiger charge is -2.10. The van der Waals surface area contributed by atoms with Crippen LogP contribution in [0, 0.1) is 0 Å². The summed E-state index contributed by atoms with van der Waals surface area (Å²) in [7, 11) is 0. The molecule has 0 unspecified atom stereocenters. The van der Waals surface area contributed by atoms with Crippen molar-refractivity contribution in [1.82, 2.24) is 0 Å². The average Bonchev–Trinajstić information content (AvgIpc) is 2.51. The standard InChI is InChI=1S/C7H9NO2S2/c9-7(10)5(4-11)8-6-2-1-3-12-6/h1-3,5,8,11H,4H2,(H,9,10)/t5-/m0/s1. The molecular formula is C7H9NO2S2. The van der Waals surface area contributed by atoms with E-state index in [1.807, 2.05) is 17.5 Å². The number of rotatable bonds is 4. The Kier molecular flexibility index (Phi) is 3.43. The van der Waals surface area contributed by atoms with E-state index in [1.54, 1.807) is 0 Å². The van der Waals surface area contributed by atoms with Gasteiger partial charge >= 0.3 is 5.97 Å². The summed E-state index contributed by atoms with van der Waals surface area (Å²) in [5, 5.41) is 14.3. The topological polar surface area (TPSA) is 49.3 Å². The maximum atomic E-state index is 10.6. The normalized spacial score (nSPS) is 12.4. The molecule has 5 heteroatoms. The minimum absolute atomic E-state index is 0.285. The van der Waals surface area contributed by atoms with Gasteiger partial charge in [0.15, 0.2) is 0 Å². The molecule has 12 heavy (non-hydrogen) atoms. The molecule has 66 valence electrons. The monoisotopic (exact) mass is 203 g/mol. The number of nitrogens with one attached hydrogen (secondary N) is 1. The highest BCUT2D eigenvalue weighted by Crippen LogP contribution is 2.16. The molecule has 1 rings (SSSR count). The summed E-state index contributed by atoms with van der Waals surface area (Å²) in [5.41, 5.74) is 0. The van der Waals surface area contributed by atoms with Crippen molar-refractivity contribution in [2.24, 2.45) is 0 Å². The molecule has 2 N–H and O–H groups in total. The summed E-state index contributed by atoms with van der Waals surface area (Å²) in [4.78, 5) is 10.6. The van der Waals surface area contributed by atoms with Gasteiger partial charge in [-0.25, -0.2) is 4.79 Å². The Bertz CT molecular complexity index is 248. The van der Waals surface area contributed by atoms with Gasteiger partial charge in [0.2, 0.25) is 0 Å². The number of carbonyl (C=O) groups is 1. The van der Waals surface area contributed by atoms with Crippen molar-refractivity contribution in [3.05, 3.63) is 17.5 Å². The lowest BCUT2D eigenvalue weighted by atomic mass is 10.3. The molecule has 3 nitrogen and oxygen atoms in total. The maximum absolute atomic E-state index is 10.6. The molecule has 0 aromatic carbocycles. The molecule has 0 aliphatic rings. The van der Waals surface area contributed by atoms with Gasteiger partial charge in [-0.2, -0.15) is 12.6 Å². The second kappa shape index (κ2) is 4.37. The lowest BCUT2D eigenvalue weighted by molar-refractivity contribution is -0.137. The van der Waals surface area contributed by atoms with Gasteiger partial charge < -0.3 is 10.4 Å². The number of hydrogen-bond donors (Lipinski definition) is 3. The molecule has 0 saturated carbocycles. The first-order chi connectivity index (χ1) is 5.74. The van der Waals surface area contributed by atoms with Gasteiger partial charge in [0.25, 0.3) is 0 Å². The molecule has 0 saturated heterocycles. The summed E-state index contributed by atoms with van der Waals surface area (Å²) < 4.78 is 0. The highest BCUT2D eigenvalue weighted by atomic mass is 32.1. The van der Waals surface area contributed by atoms with Crippen molar-refractivity contribution in [3.8, 4) is 0 Å². The molecule has 0 spiro atoms. The summed E-state index contributed by atoms with van der Waals surface area (Å²) >= 11 is 5.40. The molecule has 0 amide bonds. The molecule has 1 atom stereocenters. The summed E-state index contributed by atoms with van der Waals surface area (Å²) in [5.74, 6) is -0.592. The Morgan fingerprint density at radius 3 is 3.00 bits per heavy atom. The van der Waals surface area contributed by atoms with Gasteiger partial charge in [0.1, 0.15) is 6.04 Å². The van der Waals surface area contributed by atoms with E-state index < -0.39 is 12.0 Å². The number of carboxylic acid groups (broad SMARTS) is 1. The van der Waals surface area contributed by atoms with Crippen LogP contribution in [0.2, 0.25) is 0 Å². The predicted molar refractivity (Wildman–Crippen MR) is 53.2 cm³/mol. The van der Waals surface area contributed by atoms with Gasteiger partial charge in [-0.1, -0.05) is 0 Å². The van der Waals surface area contributed by atoms with Crippen molar-refractivity contribution in [1.29, 1.82) is 0 Å². The minimum atomic E-state index is -0.876. The molecule has 1 aromatic rings. The molecular weight excluding hydrogens is 194 g/mol. The summed E-state index contributed by atoms with van der Waals surface area (Å²) in [6.45, 7) is 0. The van der Waals surface area contributed by atoms with Gasteiger partial charge in [-0.15, -0.1) is 11.3 Å². The van der Waals surface area contributed by atoms with Crippen LogP contribution in [-0.4, -0.2) is 22.9 Å². The fourth-order valence-corrected chi connectivity index (χ4v) is 1.64. The third-order valence-corrected chi connectivity index (χ3v) is 2.48. The van der Waals surface area contributed by atoms with Crippen LogP contribution < -0.4 is 5.32 Å². The van der Waals surface area contributed by atoms with Crippen molar-refractivity contribution < 1.29 is 9.90 Å². The van der Waals surface area contributed by atoms with Crippen LogP contribution in [0.15, 0.2) is 17.5 Å². The second-order valence-electron chi connectivity index (χ2n) is 2.20. The Labute approximate surface area is 79.8 Å². The quantitative estimate of drug-likeness (QED) is 0.651. The number of thiophene rings is 1. The first kappa shape index (κ1) is 9.41. The molecule has 0 radical (unpaired) electrons. The van der Waals surface area contributed by atoms with E-state index in [0.717, 1.165) is 5.00 Å². The number of hydrogen-bond acceptors (Lipinski definition) is 4. The Balaban J connectivity index is 2.54. The molecule has 0 fully saturated rings. The third-order valence-electron chi connectivity index (χ3n) is 1.32. The van der Waals surface area contributed by atoms with Gasteiger partial charge in [0, 0.05) is 5.75 Å². The summed E-state index contributed by atoms with van der Waals surface area (Å²) in [6.07, 6.45) is 0.